The third kappa shape index (κ3) is 1.81. The van der Waals surface area contributed by atoms with Gasteiger partial charge in [-0.15, -0.1) is 0 Å². The maximum absolute atomic E-state index is 13.5. The van der Waals surface area contributed by atoms with E-state index in [-0.39, 0.29) is 11.4 Å². The fourth-order valence-corrected chi connectivity index (χ4v) is 1.54. The highest BCUT2D eigenvalue weighted by atomic mass is 19.2. The maximum atomic E-state index is 13.5. The zero-order valence-corrected chi connectivity index (χ0v) is 8.60. The van der Waals surface area contributed by atoms with Gasteiger partial charge in [0.1, 0.15) is 5.82 Å². The van der Waals surface area contributed by atoms with E-state index in [1.165, 1.54) is 30.3 Å². The van der Waals surface area contributed by atoms with Crippen LogP contribution in [0.3, 0.4) is 0 Å². The molecule has 0 atom stereocenters. The van der Waals surface area contributed by atoms with Crippen LogP contribution in [0.25, 0.3) is 11.1 Å². The highest BCUT2D eigenvalue weighted by Gasteiger charge is 2.10. The molecule has 0 aromatic heterocycles. The molecule has 0 N–H and O–H groups in total. The average molecular weight is 222 g/mol. The van der Waals surface area contributed by atoms with Gasteiger partial charge in [-0.2, -0.15) is 0 Å². The molecular formula is C13H9F3. The zero-order valence-electron chi connectivity index (χ0n) is 8.60. The summed E-state index contributed by atoms with van der Waals surface area (Å²) in [4.78, 5) is 0. The molecule has 0 bridgehead atoms. The molecule has 82 valence electrons. The summed E-state index contributed by atoms with van der Waals surface area (Å²) in [6, 6.07) is 8.11. The van der Waals surface area contributed by atoms with Crippen LogP contribution < -0.4 is 0 Å². The minimum atomic E-state index is -0.909. The van der Waals surface area contributed by atoms with Gasteiger partial charge >= 0.3 is 0 Å². The SMILES string of the molecule is Cc1cc(-c2cccc(F)c2F)ccc1F. The lowest BCUT2D eigenvalue weighted by atomic mass is 10.0. The molecule has 2 aromatic carbocycles. The van der Waals surface area contributed by atoms with Crippen LogP contribution in [0, 0.1) is 24.4 Å². The van der Waals surface area contributed by atoms with E-state index in [1.54, 1.807) is 6.92 Å². The van der Waals surface area contributed by atoms with E-state index in [1.807, 2.05) is 0 Å². The van der Waals surface area contributed by atoms with E-state index in [4.69, 9.17) is 0 Å². The molecule has 0 aliphatic rings. The van der Waals surface area contributed by atoms with Crippen LogP contribution in [-0.4, -0.2) is 0 Å². The molecule has 0 amide bonds. The summed E-state index contributed by atoms with van der Waals surface area (Å²) in [6.07, 6.45) is 0. The van der Waals surface area contributed by atoms with Crippen molar-refractivity contribution in [2.24, 2.45) is 0 Å². The highest BCUT2D eigenvalue weighted by Crippen LogP contribution is 2.25. The maximum Gasteiger partial charge on any atom is 0.166 e. The minimum Gasteiger partial charge on any atom is -0.207 e. The first-order chi connectivity index (χ1) is 7.59. The van der Waals surface area contributed by atoms with Crippen molar-refractivity contribution < 1.29 is 13.2 Å². The van der Waals surface area contributed by atoms with E-state index in [0.717, 1.165) is 6.07 Å². The number of hydrogen-bond acceptors (Lipinski definition) is 0. The quantitative estimate of drug-likeness (QED) is 0.682. The lowest BCUT2D eigenvalue weighted by Crippen LogP contribution is -1.90. The van der Waals surface area contributed by atoms with Crippen LogP contribution in [0.5, 0.6) is 0 Å². The van der Waals surface area contributed by atoms with Gasteiger partial charge in [-0.3, -0.25) is 0 Å². The fraction of sp³-hybridized carbons (Fsp3) is 0.0769. The third-order valence-electron chi connectivity index (χ3n) is 2.42. The lowest BCUT2D eigenvalue weighted by molar-refractivity contribution is 0.511. The molecule has 0 spiro atoms. The average Bonchev–Trinajstić information content (AvgIpc) is 2.26. The van der Waals surface area contributed by atoms with Crippen LogP contribution in [0.1, 0.15) is 5.56 Å². The van der Waals surface area contributed by atoms with Gasteiger partial charge in [0.15, 0.2) is 11.6 Å². The first kappa shape index (κ1) is 10.7. The Morgan fingerprint density at radius 2 is 1.62 bits per heavy atom. The smallest absolute Gasteiger partial charge is 0.166 e. The molecule has 0 aliphatic carbocycles. The van der Waals surface area contributed by atoms with Crippen molar-refractivity contribution in [1.29, 1.82) is 0 Å². The summed E-state index contributed by atoms with van der Waals surface area (Å²) in [5.41, 5.74) is 1.01. The van der Waals surface area contributed by atoms with Crippen molar-refractivity contribution >= 4 is 0 Å². The molecule has 0 nitrogen and oxygen atoms in total. The summed E-state index contributed by atoms with van der Waals surface area (Å²) in [5.74, 6) is -2.17. The molecule has 0 heterocycles. The second-order valence-corrected chi connectivity index (χ2v) is 3.57. The molecule has 0 saturated carbocycles. The molecule has 0 aliphatic heterocycles. The van der Waals surface area contributed by atoms with Crippen molar-refractivity contribution in [3.05, 3.63) is 59.4 Å². The van der Waals surface area contributed by atoms with Crippen molar-refractivity contribution in [3.63, 3.8) is 0 Å². The summed E-state index contributed by atoms with van der Waals surface area (Å²) in [5, 5.41) is 0. The fourth-order valence-electron chi connectivity index (χ4n) is 1.54. The van der Waals surface area contributed by atoms with Gasteiger partial charge in [0.25, 0.3) is 0 Å². The molecular weight excluding hydrogens is 213 g/mol. The Kier molecular flexibility index (Phi) is 2.69. The third-order valence-corrected chi connectivity index (χ3v) is 2.42. The molecule has 0 radical (unpaired) electrons. The van der Waals surface area contributed by atoms with E-state index in [9.17, 15) is 13.2 Å². The van der Waals surface area contributed by atoms with Crippen LogP contribution >= 0.6 is 0 Å². The second-order valence-electron chi connectivity index (χ2n) is 3.57. The molecule has 2 aromatic rings. The van der Waals surface area contributed by atoms with Crippen molar-refractivity contribution in [3.8, 4) is 11.1 Å². The van der Waals surface area contributed by atoms with Crippen molar-refractivity contribution in [2.45, 2.75) is 6.92 Å². The van der Waals surface area contributed by atoms with Gasteiger partial charge in [0, 0.05) is 5.56 Å². The van der Waals surface area contributed by atoms with Crippen LogP contribution in [0.15, 0.2) is 36.4 Å². The Labute approximate surface area is 91.4 Å². The first-order valence-electron chi connectivity index (χ1n) is 4.80. The predicted molar refractivity (Wildman–Crippen MR) is 56.5 cm³/mol. The van der Waals surface area contributed by atoms with Crippen molar-refractivity contribution in [1.82, 2.24) is 0 Å². The number of hydrogen-bond donors (Lipinski definition) is 0. The number of halogens is 3. The monoisotopic (exact) mass is 222 g/mol. The first-order valence-corrected chi connectivity index (χ1v) is 4.80. The molecule has 0 unspecified atom stereocenters. The summed E-state index contributed by atoms with van der Waals surface area (Å²) < 4.78 is 39.5. The summed E-state index contributed by atoms with van der Waals surface area (Å²) in [6.45, 7) is 1.58. The summed E-state index contributed by atoms with van der Waals surface area (Å²) in [7, 11) is 0. The van der Waals surface area contributed by atoms with Gasteiger partial charge < -0.3 is 0 Å². The van der Waals surface area contributed by atoms with Gasteiger partial charge in [-0.1, -0.05) is 18.2 Å². The molecule has 0 fully saturated rings. The van der Waals surface area contributed by atoms with Crippen LogP contribution in [-0.2, 0) is 0 Å². The van der Waals surface area contributed by atoms with Crippen LogP contribution in [0.4, 0.5) is 13.2 Å². The molecule has 0 saturated heterocycles. The Morgan fingerprint density at radius 3 is 2.31 bits per heavy atom. The highest BCUT2D eigenvalue weighted by molar-refractivity contribution is 5.64. The van der Waals surface area contributed by atoms with Crippen LogP contribution in [0.2, 0.25) is 0 Å². The van der Waals surface area contributed by atoms with E-state index in [0.29, 0.717) is 11.1 Å². The zero-order chi connectivity index (χ0) is 11.7. The Balaban J connectivity index is 2.59. The second kappa shape index (κ2) is 4.00. The Bertz CT molecular complexity index is 533. The van der Waals surface area contributed by atoms with E-state index >= 15 is 0 Å². The number of benzene rings is 2. The van der Waals surface area contributed by atoms with Gasteiger partial charge in [-0.05, 0) is 36.2 Å². The van der Waals surface area contributed by atoms with Gasteiger partial charge in [0.05, 0.1) is 0 Å². The van der Waals surface area contributed by atoms with Gasteiger partial charge in [-0.25, -0.2) is 13.2 Å². The largest absolute Gasteiger partial charge is 0.207 e. The Hall–Kier alpha value is -1.77. The molecule has 2 rings (SSSR count). The normalized spacial score (nSPS) is 10.5. The van der Waals surface area contributed by atoms with Gasteiger partial charge in [0.2, 0.25) is 0 Å². The number of aryl methyl sites for hydroxylation is 1. The van der Waals surface area contributed by atoms with Crippen molar-refractivity contribution in [2.75, 3.05) is 0 Å². The molecule has 3 heteroatoms. The lowest BCUT2D eigenvalue weighted by Gasteiger charge is -2.05. The minimum absolute atomic E-state index is 0.142. The Morgan fingerprint density at radius 1 is 0.875 bits per heavy atom. The predicted octanol–water partition coefficient (Wildman–Crippen LogP) is 4.08. The molecule has 16 heavy (non-hydrogen) atoms. The number of rotatable bonds is 1. The summed E-state index contributed by atoms with van der Waals surface area (Å²) >= 11 is 0. The standard InChI is InChI=1S/C13H9F3/c1-8-7-9(5-6-11(8)14)10-3-2-4-12(15)13(10)16/h2-7H,1H3. The van der Waals surface area contributed by atoms with E-state index < -0.39 is 11.6 Å². The topological polar surface area (TPSA) is 0 Å². The van der Waals surface area contributed by atoms with E-state index in [2.05, 4.69) is 0 Å².